The standard InChI is InChI=1S/C54H36N2/c1-5-18-37(19-6-1)41-33-46(38-20-7-2-8-21-38)54(39-22-9-3-10-23-39)47(34-41)40-24-17-27-43(32-40)56-51-31-16-14-29-45(51)49-35-48-44-28-13-15-30-50(44)55(52(48)36-53(49)56)42-25-11-4-12-26-42/h1-36H. The summed E-state index contributed by atoms with van der Waals surface area (Å²) < 4.78 is 4.87. The van der Waals surface area contributed by atoms with Crippen molar-refractivity contribution in [2.75, 3.05) is 0 Å². The molecule has 0 saturated heterocycles. The minimum atomic E-state index is 1.13. The van der Waals surface area contributed by atoms with E-state index in [4.69, 9.17) is 0 Å². The summed E-state index contributed by atoms with van der Waals surface area (Å²) in [6, 6.07) is 79.5. The highest BCUT2D eigenvalue weighted by Crippen LogP contribution is 2.45. The van der Waals surface area contributed by atoms with E-state index in [1.807, 2.05) is 0 Å². The molecule has 0 spiro atoms. The summed E-state index contributed by atoms with van der Waals surface area (Å²) in [4.78, 5) is 0. The molecule has 0 saturated carbocycles. The van der Waals surface area contributed by atoms with Crippen LogP contribution in [0.15, 0.2) is 218 Å². The topological polar surface area (TPSA) is 9.86 Å². The summed E-state index contributed by atoms with van der Waals surface area (Å²) in [6.45, 7) is 0. The van der Waals surface area contributed by atoms with Gasteiger partial charge in [0.05, 0.1) is 22.1 Å². The van der Waals surface area contributed by atoms with Crippen LogP contribution in [0.25, 0.3) is 99.5 Å². The van der Waals surface area contributed by atoms with Crippen molar-refractivity contribution in [2.24, 2.45) is 0 Å². The molecule has 9 aromatic carbocycles. The maximum Gasteiger partial charge on any atom is 0.0562 e. The van der Waals surface area contributed by atoms with Crippen LogP contribution < -0.4 is 0 Å². The molecule has 262 valence electrons. The lowest BCUT2D eigenvalue weighted by atomic mass is 9.84. The van der Waals surface area contributed by atoms with Crippen LogP contribution in [0.1, 0.15) is 0 Å². The first-order valence-corrected chi connectivity index (χ1v) is 19.3. The first kappa shape index (κ1) is 32.0. The van der Waals surface area contributed by atoms with Crippen molar-refractivity contribution in [1.82, 2.24) is 9.13 Å². The fraction of sp³-hybridized carbons (Fsp3) is 0. The van der Waals surface area contributed by atoms with Crippen LogP contribution >= 0.6 is 0 Å². The Bertz CT molecular complexity index is 3210. The number of benzene rings is 9. The van der Waals surface area contributed by atoms with Gasteiger partial charge in [-0.3, -0.25) is 0 Å². The molecule has 0 fully saturated rings. The summed E-state index contributed by atoms with van der Waals surface area (Å²) in [6.07, 6.45) is 0. The van der Waals surface area contributed by atoms with Crippen molar-refractivity contribution in [3.05, 3.63) is 218 Å². The molecule has 56 heavy (non-hydrogen) atoms. The van der Waals surface area contributed by atoms with Crippen molar-refractivity contribution in [1.29, 1.82) is 0 Å². The zero-order valence-electron chi connectivity index (χ0n) is 30.7. The van der Waals surface area contributed by atoms with E-state index in [9.17, 15) is 0 Å². The number of hydrogen-bond acceptors (Lipinski definition) is 0. The molecule has 2 heteroatoms. The van der Waals surface area contributed by atoms with Crippen LogP contribution in [0.4, 0.5) is 0 Å². The van der Waals surface area contributed by atoms with Gasteiger partial charge in [-0.25, -0.2) is 0 Å². The van der Waals surface area contributed by atoms with Crippen LogP contribution in [0.3, 0.4) is 0 Å². The quantitative estimate of drug-likeness (QED) is 0.162. The second-order valence-electron chi connectivity index (χ2n) is 14.5. The molecule has 0 amide bonds. The average Bonchev–Trinajstić information content (AvgIpc) is 3.78. The highest BCUT2D eigenvalue weighted by molar-refractivity contribution is 6.19. The van der Waals surface area contributed by atoms with Gasteiger partial charge >= 0.3 is 0 Å². The molecule has 2 heterocycles. The van der Waals surface area contributed by atoms with Gasteiger partial charge in [0.2, 0.25) is 0 Å². The predicted molar refractivity (Wildman–Crippen MR) is 237 cm³/mol. The highest BCUT2D eigenvalue weighted by Gasteiger charge is 2.21. The average molecular weight is 713 g/mol. The zero-order chi connectivity index (χ0) is 37.0. The van der Waals surface area contributed by atoms with E-state index in [1.165, 1.54) is 88.1 Å². The van der Waals surface area contributed by atoms with E-state index in [2.05, 4.69) is 228 Å². The Labute approximate surface area is 325 Å². The lowest BCUT2D eigenvalue weighted by Gasteiger charge is -2.20. The third-order valence-corrected chi connectivity index (χ3v) is 11.3. The Morgan fingerprint density at radius 1 is 0.232 bits per heavy atom. The largest absolute Gasteiger partial charge is 0.309 e. The van der Waals surface area contributed by atoms with Gasteiger partial charge in [-0.1, -0.05) is 158 Å². The van der Waals surface area contributed by atoms with Gasteiger partial charge in [0.1, 0.15) is 0 Å². The second-order valence-corrected chi connectivity index (χ2v) is 14.5. The van der Waals surface area contributed by atoms with Crippen LogP contribution in [-0.4, -0.2) is 9.13 Å². The third-order valence-electron chi connectivity index (χ3n) is 11.3. The smallest absolute Gasteiger partial charge is 0.0562 e. The minimum absolute atomic E-state index is 1.13. The van der Waals surface area contributed by atoms with Crippen molar-refractivity contribution < 1.29 is 0 Å². The van der Waals surface area contributed by atoms with E-state index >= 15 is 0 Å². The Morgan fingerprint density at radius 3 is 1.29 bits per heavy atom. The molecule has 0 unspecified atom stereocenters. The Kier molecular flexibility index (Phi) is 7.53. The molecule has 11 rings (SSSR count). The molecular weight excluding hydrogens is 677 g/mol. The first-order chi connectivity index (χ1) is 27.8. The summed E-state index contributed by atoms with van der Waals surface area (Å²) in [5.41, 5.74) is 16.6. The number of fused-ring (bicyclic) bond motifs is 6. The van der Waals surface area contributed by atoms with Crippen LogP contribution in [0.5, 0.6) is 0 Å². The van der Waals surface area contributed by atoms with Gasteiger partial charge in [0, 0.05) is 32.9 Å². The number of rotatable bonds is 6. The number of nitrogens with zero attached hydrogens (tertiary/aromatic N) is 2. The summed E-state index contributed by atoms with van der Waals surface area (Å²) >= 11 is 0. The predicted octanol–water partition coefficient (Wildman–Crippen LogP) is 14.5. The number of para-hydroxylation sites is 3. The van der Waals surface area contributed by atoms with Gasteiger partial charge in [-0.2, -0.15) is 0 Å². The molecule has 0 aliphatic heterocycles. The van der Waals surface area contributed by atoms with E-state index in [-0.39, 0.29) is 0 Å². The van der Waals surface area contributed by atoms with Crippen molar-refractivity contribution in [2.45, 2.75) is 0 Å². The van der Waals surface area contributed by atoms with Gasteiger partial charge in [0.15, 0.2) is 0 Å². The minimum Gasteiger partial charge on any atom is -0.309 e. The van der Waals surface area contributed by atoms with Gasteiger partial charge in [-0.05, 0) is 105 Å². The zero-order valence-corrected chi connectivity index (χ0v) is 30.7. The Morgan fingerprint density at radius 2 is 0.679 bits per heavy atom. The molecule has 0 atom stereocenters. The molecule has 2 aromatic heterocycles. The van der Waals surface area contributed by atoms with Crippen LogP contribution in [0.2, 0.25) is 0 Å². The highest BCUT2D eigenvalue weighted by atomic mass is 15.0. The van der Waals surface area contributed by atoms with Crippen LogP contribution in [0, 0.1) is 0 Å². The first-order valence-electron chi connectivity index (χ1n) is 19.3. The molecule has 11 aromatic rings. The van der Waals surface area contributed by atoms with Crippen LogP contribution in [-0.2, 0) is 0 Å². The summed E-state index contributed by atoms with van der Waals surface area (Å²) in [7, 11) is 0. The van der Waals surface area contributed by atoms with E-state index in [1.54, 1.807) is 0 Å². The normalized spacial score (nSPS) is 11.6. The van der Waals surface area contributed by atoms with Gasteiger partial charge < -0.3 is 9.13 Å². The lowest BCUT2D eigenvalue weighted by Crippen LogP contribution is -1.97. The van der Waals surface area contributed by atoms with E-state index in [0.29, 0.717) is 0 Å². The molecular formula is C54H36N2. The SMILES string of the molecule is c1ccc(-c2cc(-c3ccccc3)c(-c3ccccc3)c(-c3cccc(-n4c5ccccc5c5cc6c7ccccc7n(-c7ccccc7)c6cc54)c3)c2)cc1. The number of aromatic nitrogens is 2. The monoisotopic (exact) mass is 712 g/mol. The van der Waals surface area contributed by atoms with Gasteiger partial charge in [0.25, 0.3) is 0 Å². The second kappa shape index (κ2) is 13.2. The van der Waals surface area contributed by atoms with Gasteiger partial charge in [-0.15, -0.1) is 0 Å². The lowest BCUT2D eigenvalue weighted by molar-refractivity contribution is 1.16. The number of hydrogen-bond donors (Lipinski definition) is 0. The third kappa shape index (κ3) is 5.19. The molecule has 0 aliphatic rings. The maximum atomic E-state index is 2.46. The summed E-state index contributed by atoms with van der Waals surface area (Å²) in [5, 5.41) is 5.01. The maximum absolute atomic E-state index is 2.46. The molecule has 0 radical (unpaired) electrons. The van der Waals surface area contributed by atoms with Crippen molar-refractivity contribution >= 4 is 43.6 Å². The Hall–Kier alpha value is -7.42. The fourth-order valence-electron chi connectivity index (χ4n) is 8.81. The van der Waals surface area contributed by atoms with Crippen molar-refractivity contribution in [3.63, 3.8) is 0 Å². The van der Waals surface area contributed by atoms with Crippen molar-refractivity contribution in [3.8, 4) is 55.9 Å². The molecule has 0 bridgehead atoms. The van der Waals surface area contributed by atoms with E-state index in [0.717, 1.165) is 11.4 Å². The summed E-state index contributed by atoms with van der Waals surface area (Å²) in [5.74, 6) is 0. The fourth-order valence-corrected chi connectivity index (χ4v) is 8.81. The molecule has 2 nitrogen and oxygen atoms in total. The Balaban J connectivity index is 1.20. The molecule has 0 N–H and O–H groups in total. The molecule has 0 aliphatic carbocycles. The van der Waals surface area contributed by atoms with E-state index < -0.39 is 0 Å².